The van der Waals surface area contributed by atoms with Gasteiger partial charge in [0, 0.05) is 23.9 Å². The van der Waals surface area contributed by atoms with Gasteiger partial charge in [-0.25, -0.2) is 4.98 Å². The first-order valence-electron chi connectivity index (χ1n) is 5.68. The normalized spacial score (nSPS) is 10.2. The average Bonchev–Trinajstić information content (AvgIpc) is 2.75. The Balaban J connectivity index is 1.98. The summed E-state index contributed by atoms with van der Waals surface area (Å²) in [4.78, 5) is 31.5. The zero-order valence-corrected chi connectivity index (χ0v) is 12.4. The van der Waals surface area contributed by atoms with Gasteiger partial charge in [0.05, 0.1) is 11.9 Å². The molecule has 20 heavy (non-hydrogen) atoms. The molecule has 7 nitrogen and oxygen atoms in total. The minimum Gasteiger partial charge on any atom is -0.345 e. The molecule has 0 spiro atoms. The second kappa shape index (κ2) is 5.83. The number of hydrogen-bond donors (Lipinski definition) is 2. The van der Waals surface area contributed by atoms with Crippen molar-refractivity contribution in [2.75, 3.05) is 0 Å². The lowest BCUT2D eigenvalue weighted by atomic mass is 10.4. The average molecular weight is 338 g/mol. The maximum Gasteiger partial charge on any atom is 0.289 e. The Morgan fingerprint density at radius 3 is 2.45 bits per heavy atom. The van der Waals surface area contributed by atoms with E-state index in [9.17, 15) is 9.59 Å². The lowest BCUT2D eigenvalue weighted by molar-refractivity contribution is 0.0839. The van der Waals surface area contributed by atoms with E-state index in [4.69, 9.17) is 0 Å². The number of hydrazine groups is 1. The van der Waals surface area contributed by atoms with Crippen LogP contribution < -0.4 is 10.9 Å². The number of nitrogens with zero attached hydrogens (tertiary/aromatic N) is 3. The fourth-order valence-corrected chi connectivity index (χ4v) is 2.03. The van der Waals surface area contributed by atoms with Crippen LogP contribution in [0.25, 0.3) is 0 Å². The van der Waals surface area contributed by atoms with Crippen LogP contribution in [0.4, 0.5) is 0 Å². The van der Waals surface area contributed by atoms with Gasteiger partial charge in [0.15, 0.2) is 0 Å². The van der Waals surface area contributed by atoms with E-state index in [1.54, 1.807) is 30.8 Å². The Bertz CT molecular complexity index is 650. The highest BCUT2D eigenvalue weighted by atomic mass is 79.9. The molecule has 0 atom stereocenters. The van der Waals surface area contributed by atoms with E-state index < -0.39 is 11.8 Å². The van der Waals surface area contributed by atoms with Gasteiger partial charge in [0.1, 0.15) is 11.4 Å². The maximum atomic E-state index is 11.9. The number of halogens is 1. The minimum absolute atomic E-state index is 0.129. The van der Waals surface area contributed by atoms with E-state index in [1.807, 2.05) is 0 Å². The van der Waals surface area contributed by atoms with E-state index in [0.29, 0.717) is 11.4 Å². The van der Waals surface area contributed by atoms with Gasteiger partial charge in [0.2, 0.25) is 0 Å². The molecule has 0 unspecified atom stereocenters. The molecule has 2 amide bonds. The zero-order valence-electron chi connectivity index (χ0n) is 10.8. The maximum absolute atomic E-state index is 11.9. The summed E-state index contributed by atoms with van der Waals surface area (Å²) in [6.45, 7) is 1.77. The highest BCUT2D eigenvalue weighted by Crippen LogP contribution is 2.13. The van der Waals surface area contributed by atoms with Gasteiger partial charge < -0.3 is 4.57 Å². The molecule has 0 radical (unpaired) electrons. The molecular weight excluding hydrogens is 326 g/mol. The van der Waals surface area contributed by atoms with E-state index in [1.165, 1.54) is 12.4 Å². The van der Waals surface area contributed by atoms with E-state index in [2.05, 4.69) is 36.7 Å². The van der Waals surface area contributed by atoms with Crippen LogP contribution in [0.15, 0.2) is 29.1 Å². The highest BCUT2D eigenvalue weighted by molar-refractivity contribution is 9.10. The van der Waals surface area contributed by atoms with Crippen molar-refractivity contribution in [2.45, 2.75) is 6.92 Å². The van der Waals surface area contributed by atoms with Crippen molar-refractivity contribution in [1.82, 2.24) is 25.4 Å². The molecule has 2 aromatic rings. The van der Waals surface area contributed by atoms with Crippen molar-refractivity contribution in [3.63, 3.8) is 0 Å². The third-order valence-electron chi connectivity index (χ3n) is 2.51. The molecule has 0 bridgehead atoms. The molecule has 2 heterocycles. The number of amides is 2. The molecule has 2 rings (SSSR count). The first-order chi connectivity index (χ1) is 9.47. The molecule has 2 N–H and O–H groups in total. The molecule has 2 aromatic heterocycles. The second-order valence-electron chi connectivity index (χ2n) is 4.11. The summed E-state index contributed by atoms with van der Waals surface area (Å²) in [5.41, 5.74) is 5.85. The molecule has 0 aromatic carbocycles. The SMILES string of the molecule is Cc1cnc(C(=O)NNC(=O)c2cc(Br)cn2C)cn1. The van der Waals surface area contributed by atoms with E-state index in [-0.39, 0.29) is 5.69 Å². The summed E-state index contributed by atoms with van der Waals surface area (Å²) >= 11 is 3.27. The number of nitrogens with one attached hydrogen (secondary N) is 2. The molecule has 0 aliphatic carbocycles. The third-order valence-corrected chi connectivity index (χ3v) is 2.94. The molecule has 8 heteroatoms. The Morgan fingerprint density at radius 2 is 1.90 bits per heavy atom. The molecular formula is C12H12BrN5O2. The first kappa shape index (κ1) is 14.2. The predicted octanol–water partition coefficient (Wildman–Crippen LogP) is 0.961. The number of carbonyl (C=O) groups excluding carboxylic acids is 2. The molecule has 0 saturated carbocycles. The van der Waals surface area contributed by atoms with Crippen LogP contribution in [-0.2, 0) is 7.05 Å². The molecule has 0 fully saturated rings. The number of rotatable bonds is 2. The van der Waals surface area contributed by atoms with E-state index >= 15 is 0 Å². The van der Waals surface area contributed by atoms with Gasteiger partial charge >= 0.3 is 0 Å². The first-order valence-corrected chi connectivity index (χ1v) is 6.48. The number of hydrogen-bond acceptors (Lipinski definition) is 4. The Kier molecular flexibility index (Phi) is 4.14. The standard InChI is InChI=1S/C12H12BrN5O2/c1-7-4-15-9(5-14-7)11(19)16-17-12(20)10-3-8(13)6-18(10)2/h3-6H,1-2H3,(H,16,19)(H,17,20). The Labute approximate surface area is 123 Å². The van der Waals surface area contributed by atoms with E-state index in [0.717, 1.165) is 4.47 Å². The van der Waals surface area contributed by atoms with Crippen LogP contribution >= 0.6 is 15.9 Å². The topological polar surface area (TPSA) is 88.9 Å². The summed E-state index contributed by atoms with van der Waals surface area (Å²) in [5, 5.41) is 0. The van der Waals surface area contributed by atoms with Crippen LogP contribution in [0.2, 0.25) is 0 Å². The Morgan fingerprint density at radius 1 is 1.20 bits per heavy atom. The van der Waals surface area contributed by atoms with Gasteiger partial charge in [-0.05, 0) is 28.9 Å². The largest absolute Gasteiger partial charge is 0.345 e. The van der Waals surface area contributed by atoms with Crippen molar-refractivity contribution in [3.05, 3.63) is 46.2 Å². The molecule has 0 aliphatic heterocycles. The van der Waals surface area contributed by atoms with Gasteiger partial charge in [-0.3, -0.25) is 25.4 Å². The van der Waals surface area contributed by atoms with Crippen molar-refractivity contribution < 1.29 is 9.59 Å². The lowest BCUT2D eigenvalue weighted by Crippen LogP contribution is -2.42. The number of aryl methyl sites for hydroxylation is 2. The monoisotopic (exact) mass is 337 g/mol. The summed E-state index contributed by atoms with van der Waals surface area (Å²) in [5.74, 6) is -0.953. The van der Waals surface area contributed by atoms with Gasteiger partial charge in [-0.2, -0.15) is 0 Å². The second-order valence-corrected chi connectivity index (χ2v) is 5.02. The Hall–Kier alpha value is -2.22. The number of aromatic nitrogens is 3. The summed E-state index contributed by atoms with van der Waals surface area (Å²) < 4.78 is 2.41. The van der Waals surface area contributed by atoms with Crippen LogP contribution in [0.3, 0.4) is 0 Å². The molecule has 104 valence electrons. The van der Waals surface area contributed by atoms with Gasteiger partial charge in [0.25, 0.3) is 11.8 Å². The fourth-order valence-electron chi connectivity index (χ4n) is 1.50. The van der Waals surface area contributed by atoms with Crippen LogP contribution in [0.5, 0.6) is 0 Å². The molecule has 0 saturated heterocycles. The summed E-state index contributed by atoms with van der Waals surface area (Å²) in [6.07, 6.45) is 4.56. The quantitative estimate of drug-likeness (QED) is 0.799. The van der Waals surface area contributed by atoms with Gasteiger partial charge in [-0.15, -0.1) is 0 Å². The number of carbonyl (C=O) groups is 2. The van der Waals surface area contributed by atoms with Crippen molar-refractivity contribution in [3.8, 4) is 0 Å². The smallest absolute Gasteiger partial charge is 0.289 e. The lowest BCUT2D eigenvalue weighted by Gasteiger charge is -2.07. The van der Waals surface area contributed by atoms with Crippen LogP contribution in [-0.4, -0.2) is 26.3 Å². The van der Waals surface area contributed by atoms with Crippen LogP contribution in [0.1, 0.15) is 26.7 Å². The zero-order chi connectivity index (χ0) is 14.7. The van der Waals surface area contributed by atoms with Crippen molar-refractivity contribution in [1.29, 1.82) is 0 Å². The van der Waals surface area contributed by atoms with Crippen molar-refractivity contribution >= 4 is 27.7 Å². The predicted molar refractivity (Wildman–Crippen MR) is 74.8 cm³/mol. The van der Waals surface area contributed by atoms with Crippen LogP contribution in [0, 0.1) is 6.92 Å². The van der Waals surface area contributed by atoms with Crippen molar-refractivity contribution in [2.24, 2.45) is 7.05 Å². The summed E-state index contributed by atoms with van der Waals surface area (Å²) in [7, 11) is 1.73. The summed E-state index contributed by atoms with van der Waals surface area (Å²) in [6, 6.07) is 1.65. The highest BCUT2D eigenvalue weighted by Gasteiger charge is 2.13. The third kappa shape index (κ3) is 3.21. The fraction of sp³-hybridized carbons (Fsp3) is 0.167. The molecule has 0 aliphatic rings. The minimum atomic E-state index is -0.529. The van der Waals surface area contributed by atoms with Gasteiger partial charge in [-0.1, -0.05) is 0 Å².